The number of aryl methyl sites for hydroxylation is 1. The maximum Gasteiger partial charge on any atom is 0.338 e. The normalized spacial score (nSPS) is 10.1. The third kappa shape index (κ3) is 2.88. The predicted octanol–water partition coefficient (Wildman–Crippen LogP) is 2.34. The van der Waals surface area contributed by atoms with E-state index in [9.17, 15) is 4.79 Å². The number of esters is 1. The SMILES string of the molecule is CCOC(=O)c1ccc(Nc2ccn(C)n2)cc1. The second kappa shape index (κ2) is 5.35. The summed E-state index contributed by atoms with van der Waals surface area (Å²) < 4.78 is 6.63. The molecule has 94 valence electrons. The van der Waals surface area contributed by atoms with Crippen molar-refractivity contribution in [3.63, 3.8) is 0 Å². The first kappa shape index (κ1) is 12.2. The summed E-state index contributed by atoms with van der Waals surface area (Å²) in [4.78, 5) is 11.5. The fourth-order valence-electron chi connectivity index (χ4n) is 1.53. The Morgan fingerprint density at radius 2 is 2.06 bits per heavy atom. The molecule has 5 nitrogen and oxygen atoms in total. The Hall–Kier alpha value is -2.30. The summed E-state index contributed by atoms with van der Waals surface area (Å²) in [5.74, 6) is 0.461. The van der Waals surface area contributed by atoms with Crippen LogP contribution in [-0.2, 0) is 11.8 Å². The lowest BCUT2D eigenvalue weighted by Crippen LogP contribution is -2.04. The number of anilines is 2. The molecule has 1 aromatic heterocycles. The predicted molar refractivity (Wildman–Crippen MR) is 68.9 cm³/mol. The van der Waals surface area contributed by atoms with Gasteiger partial charge < -0.3 is 10.1 Å². The van der Waals surface area contributed by atoms with Gasteiger partial charge in [0.2, 0.25) is 0 Å². The minimum Gasteiger partial charge on any atom is -0.462 e. The molecule has 0 aliphatic rings. The smallest absolute Gasteiger partial charge is 0.338 e. The summed E-state index contributed by atoms with van der Waals surface area (Å²) >= 11 is 0. The van der Waals surface area contributed by atoms with Crippen LogP contribution in [0.1, 0.15) is 17.3 Å². The zero-order valence-electron chi connectivity index (χ0n) is 10.4. The minimum absolute atomic E-state index is 0.304. The number of rotatable bonds is 4. The quantitative estimate of drug-likeness (QED) is 0.840. The van der Waals surface area contributed by atoms with Gasteiger partial charge in [0.15, 0.2) is 5.82 Å². The first-order valence-electron chi connectivity index (χ1n) is 5.73. The number of carbonyl (C=O) groups excluding carboxylic acids is 1. The lowest BCUT2D eigenvalue weighted by molar-refractivity contribution is 0.0526. The van der Waals surface area contributed by atoms with Gasteiger partial charge in [-0.05, 0) is 31.2 Å². The van der Waals surface area contributed by atoms with Crippen molar-refractivity contribution in [2.45, 2.75) is 6.92 Å². The monoisotopic (exact) mass is 245 g/mol. The number of ether oxygens (including phenoxy) is 1. The first-order valence-corrected chi connectivity index (χ1v) is 5.73. The molecule has 18 heavy (non-hydrogen) atoms. The highest BCUT2D eigenvalue weighted by molar-refractivity contribution is 5.89. The molecular weight excluding hydrogens is 230 g/mol. The van der Waals surface area contributed by atoms with E-state index >= 15 is 0 Å². The van der Waals surface area contributed by atoms with E-state index in [0.29, 0.717) is 12.2 Å². The fourth-order valence-corrected chi connectivity index (χ4v) is 1.53. The van der Waals surface area contributed by atoms with Gasteiger partial charge in [0.1, 0.15) is 0 Å². The van der Waals surface area contributed by atoms with Gasteiger partial charge in [-0.1, -0.05) is 0 Å². The van der Waals surface area contributed by atoms with E-state index < -0.39 is 0 Å². The van der Waals surface area contributed by atoms with Crippen molar-refractivity contribution >= 4 is 17.5 Å². The molecule has 0 saturated heterocycles. The molecule has 0 atom stereocenters. The van der Waals surface area contributed by atoms with Crippen molar-refractivity contribution in [2.24, 2.45) is 7.05 Å². The zero-order valence-corrected chi connectivity index (χ0v) is 10.4. The van der Waals surface area contributed by atoms with Crippen LogP contribution in [0.5, 0.6) is 0 Å². The third-order valence-corrected chi connectivity index (χ3v) is 2.38. The van der Waals surface area contributed by atoms with Crippen LogP contribution in [0.4, 0.5) is 11.5 Å². The molecule has 2 aromatic rings. The lowest BCUT2D eigenvalue weighted by Gasteiger charge is -2.05. The molecule has 1 aromatic carbocycles. The molecule has 0 aliphatic carbocycles. The molecule has 0 spiro atoms. The van der Waals surface area contributed by atoms with Crippen molar-refractivity contribution < 1.29 is 9.53 Å². The van der Waals surface area contributed by atoms with E-state index in [1.54, 1.807) is 23.7 Å². The molecule has 1 heterocycles. The molecule has 0 bridgehead atoms. The molecule has 5 heteroatoms. The standard InChI is InChI=1S/C13H15N3O2/c1-3-18-13(17)10-4-6-11(7-5-10)14-12-8-9-16(2)15-12/h4-9H,3H2,1-2H3,(H,14,15). The van der Waals surface area contributed by atoms with E-state index in [1.807, 2.05) is 31.4 Å². The molecule has 0 aliphatic heterocycles. The van der Waals surface area contributed by atoms with Gasteiger partial charge in [-0.15, -0.1) is 0 Å². The van der Waals surface area contributed by atoms with Crippen molar-refractivity contribution in [3.8, 4) is 0 Å². The average Bonchev–Trinajstić information content (AvgIpc) is 2.76. The van der Waals surface area contributed by atoms with Crippen LogP contribution in [-0.4, -0.2) is 22.4 Å². The van der Waals surface area contributed by atoms with Gasteiger partial charge >= 0.3 is 5.97 Å². The second-order valence-corrected chi connectivity index (χ2v) is 3.80. The maximum absolute atomic E-state index is 11.5. The maximum atomic E-state index is 11.5. The molecule has 0 radical (unpaired) electrons. The number of aromatic nitrogens is 2. The summed E-state index contributed by atoms with van der Waals surface area (Å²) in [5, 5.41) is 7.35. The fraction of sp³-hybridized carbons (Fsp3) is 0.231. The Bertz CT molecular complexity index is 531. The average molecular weight is 245 g/mol. The summed E-state index contributed by atoms with van der Waals surface area (Å²) in [5.41, 5.74) is 1.42. The van der Waals surface area contributed by atoms with E-state index in [2.05, 4.69) is 10.4 Å². The van der Waals surface area contributed by atoms with Gasteiger partial charge in [-0.3, -0.25) is 4.68 Å². The Kier molecular flexibility index (Phi) is 3.62. The third-order valence-electron chi connectivity index (χ3n) is 2.38. The highest BCUT2D eigenvalue weighted by Crippen LogP contribution is 2.15. The summed E-state index contributed by atoms with van der Waals surface area (Å²) in [6, 6.07) is 8.97. The lowest BCUT2D eigenvalue weighted by atomic mass is 10.2. The van der Waals surface area contributed by atoms with Crippen molar-refractivity contribution in [3.05, 3.63) is 42.1 Å². The van der Waals surface area contributed by atoms with Gasteiger partial charge in [0.05, 0.1) is 12.2 Å². The van der Waals surface area contributed by atoms with Gasteiger partial charge in [-0.2, -0.15) is 5.10 Å². The van der Waals surface area contributed by atoms with E-state index in [-0.39, 0.29) is 5.97 Å². The Balaban J connectivity index is 2.05. The van der Waals surface area contributed by atoms with E-state index in [1.165, 1.54) is 0 Å². The van der Waals surface area contributed by atoms with Gasteiger partial charge in [-0.25, -0.2) is 4.79 Å². The summed E-state index contributed by atoms with van der Waals surface area (Å²) in [6.07, 6.45) is 1.86. The molecule has 1 N–H and O–H groups in total. The van der Waals surface area contributed by atoms with Gasteiger partial charge in [0.25, 0.3) is 0 Å². The molecular formula is C13H15N3O2. The zero-order chi connectivity index (χ0) is 13.0. The van der Waals surface area contributed by atoms with E-state index in [0.717, 1.165) is 11.5 Å². The molecule has 0 unspecified atom stereocenters. The number of nitrogens with one attached hydrogen (secondary N) is 1. The minimum atomic E-state index is -0.304. The Morgan fingerprint density at radius 1 is 1.33 bits per heavy atom. The first-order chi connectivity index (χ1) is 8.69. The van der Waals surface area contributed by atoms with Crippen LogP contribution < -0.4 is 5.32 Å². The van der Waals surface area contributed by atoms with Gasteiger partial charge in [0, 0.05) is 25.0 Å². The molecule has 0 fully saturated rings. The van der Waals surface area contributed by atoms with Crippen LogP contribution in [0.25, 0.3) is 0 Å². The van der Waals surface area contributed by atoms with Crippen LogP contribution in [0, 0.1) is 0 Å². The highest BCUT2D eigenvalue weighted by atomic mass is 16.5. The van der Waals surface area contributed by atoms with Crippen molar-refractivity contribution in [1.29, 1.82) is 0 Å². The molecule has 0 saturated carbocycles. The molecule has 0 amide bonds. The number of hydrogen-bond donors (Lipinski definition) is 1. The van der Waals surface area contributed by atoms with Crippen molar-refractivity contribution in [2.75, 3.05) is 11.9 Å². The van der Waals surface area contributed by atoms with Crippen LogP contribution in [0.3, 0.4) is 0 Å². The Morgan fingerprint density at radius 3 is 2.61 bits per heavy atom. The summed E-state index contributed by atoms with van der Waals surface area (Å²) in [6.45, 7) is 2.17. The number of benzene rings is 1. The van der Waals surface area contributed by atoms with Crippen LogP contribution in [0.15, 0.2) is 36.5 Å². The number of nitrogens with zero attached hydrogens (tertiary/aromatic N) is 2. The topological polar surface area (TPSA) is 56.1 Å². The Labute approximate surface area is 105 Å². The summed E-state index contributed by atoms with van der Waals surface area (Å²) in [7, 11) is 1.86. The second-order valence-electron chi connectivity index (χ2n) is 3.80. The number of hydrogen-bond acceptors (Lipinski definition) is 4. The highest BCUT2D eigenvalue weighted by Gasteiger charge is 2.05. The van der Waals surface area contributed by atoms with E-state index in [4.69, 9.17) is 4.74 Å². The largest absolute Gasteiger partial charge is 0.462 e. The number of carbonyl (C=O) groups is 1. The van der Waals surface area contributed by atoms with Crippen LogP contribution in [0.2, 0.25) is 0 Å². The molecule has 2 rings (SSSR count). The van der Waals surface area contributed by atoms with Crippen molar-refractivity contribution in [1.82, 2.24) is 9.78 Å². The van der Waals surface area contributed by atoms with Crippen LogP contribution >= 0.6 is 0 Å².